The molecule has 0 aliphatic carbocycles. The number of aliphatic carboxylic acids is 1. The van der Waals surface area contributed by atoms with Crippen LogP contribution in [0.15, 0.2) is 85.1 Å². The van der Waals surface area contributed by atoms with Gasteiger partial charge < -0.3 is 90.5 Å². The van der Waals surface area contributed by atoms with Crippen LogP contribution in [0.1, 0.15) is 98.8 Å². The smallest absolute Gasteiger partial charge is 0.333 e. The summed E-state index contributed by atoms with van der Waals surface area (Å²) in [4.78, 5) is 49.9. The molecule has 76 heavy (non-hydrogen) atoms. The lowest BCUT2D eigenvalue weighted by Crippen LogP contribution is -2.65. The molecule has 19 atom stereocenters. The number of nitrogens with one attached hydrogen (secondary N) is 2. The van der Waals surface area contributed by atoms with Crippen LogP contribution >= 0.6 is 0 Å². The number of cyclic esters (lactones) is 1. The van der Waals surface area contributed by atoms with Crippen molar-refractivity contribution in [2.45, 2.75) is 196 Å². The molecule has 2 fully saturated rings. The van der Waals surface area contributed by atoms with E-state index in [0.717, 1.165) is 6.42 Å². The number of carboxylic acids is 1. The molecule has 2 bridgehead atoms. The zero-order chi connectivity index (χ0) is 56.7. The van der Waals surface area contributed by atoms with Gasteiger partial charge >= 0.3 is 23.9 Å². The Labute approximate surface area is 444 Å². The van der Waals surface area contributed by atoms with Gasteiger partial charge in [-0.15, -0.1) is 0 Å². The first kappa shape index (κ1) is 65.6. The van der Waals surface area contributed by atoms with Crippen LogP contribution in [-0.2, 0) is 38.1 Å². The number of aliphatic hydroxyl groups is 10. The third kappa shape index (κ3) is 22.7. The molecular formula is C54H84N2O20. The van der Waals surface area contributed by atoms with E-state index in [4.69, 9.17) is 23.7 Å². The van der Waals surface area contributed by atoms with Crippen molar-refractivity contribution in [2.24, 2.45) is 17.8 Å². The minimum atomic E-state index is -2.43. The van der Waals surface area contributed by atoms with E-state index >= 15 is 0 Å². The number of allylic oxidation sites excluding steroid dienone is 10. The molecule has 3 rings (SSSR count). The third-order valence-electron chi connectivity index (χ3n) is 13.5. The van der Waals surface area contributed by atoms with Crippen LogP contribution in [0.4, 0.5) is 4.79 Å². The SMILES string of the molecule is C=C(C)C(=O)OCCNC(=O)N[C@H]1[C@H](O)[C@H](OC2/C=C/C=C/C=C/C=C/CC/C=C/C=C/C(C)C(O)C(C)C(C)OC(=O)CC(O)CC(O)CC(O)CCC(O)C(O)CC3(O)CC(O)C(C(=O)O)C(C2)O3)O[C@H](C)[C@H]1O. The average Bonchev–Trinajstić information content (AvgIpc) is 3.33. The first-order valence-corrected chi connectivity index (χ1v) is 25.9. The van der Waals surface area contributed by atoms with Crippen molar-refractivity contribution in [3.8, 4) is 0 Å². The Morgan fingerprint density at radius 1 is 0.737 bits per heavy atom. The third-order valence-corrected chi connectivity index (χ3v) is 13.5. The summed E-state index contributed by atoms with van der Waals surface area (Å²) in [6.45, 7) is 11.3. The van der Waals surface area contributed by atoms with Crippen molar-refractivity contribution in [2.75, 3.05) is 13.2 Å². The Kier molecular flexibility index (Phi) is 28.4. The van der Waals surface area contributed by atoms with Gasteiger partial charge in [-0.2, -0.15) is 0 Å². The van der Waals surface area contributed by atoms with Gasteiger partial charge in [0.05, 0.1) is 80.0 Å². The quantitative estimate of drug-likeness (QED) is 0.0928. The minimum Gasteiger partial charge on any atom is -0.481 e. The van der Waals surface area contributed by atoms with E-state index in [1.165, 1.54) is 26.0 Å². The van der Waals surface area contributed by atoms with Crippen LogP contribution in [0.25, 0.3) is 0 Å². The molecule has 2 amide bonds. The zero-order valence-electron chi connectivity index (χ0n) is 44.1. The number of amides is 2. The fraction of sp³-hybridized carbons (Fsp3) is 0.667. The van der Waals surface area contributed by atoms with E-state index in [1.54, 1.807) is 38.2 Å². The van der Waals surface area contributed by atoms with Crippen molar-refractivity contribution < 1.29 is 99.0 Å². The van der Waals surface area contributed by atoms with Gasteiger partial charge in [-0.25, -0.2) is 9.59 Å². The summed E-state index contributed by atoms with van der Waals surface area (Å²) < 4.78 is 28.4. The van der Waals surface area contributed by atoms with Crippen molar-refractivity contribution >= 4 is 23.9 Å². The number of rotatable bonds is 8. The number of carbonyl (C=O) groups is 4. The second-order valence-corrected chi connectivity index (χ2v) is 20.1. The van der Waals surface area contributed by atoms with E-state index < -0.39 is 159 Å². The van der Waals surface area contributed by atoms with E-state index in [2.05, 4.69) is 17.2 Å². The molecule has 0 radical (unpaired) electrons. The number of hydrogen-bond acceptors (Lipinski definition) is 19. The highest BCUT2D eigenvalue weighted by atomic mass is 16.7. The number of fused-ring (bicyclic) bond motifs is 2. The average molecular weight is 1080 g/mol. The Bertz CT molecular complexity index is 2010. The Hall–Kier alpha value is -4.66. The predicted octanol–water partition coefficient (Wildman–Crippen LogP) is 1.40. The van der Waals surface area contributed by atoms with Gasteiger partial charge in [-0.05, 0) is 59.3 Å². The largest absolute Gasteiger partial charge is 0.481 e. The number of ether oxygens (including phenoxy) is 5. The van der Waals surface area contributed by atoms with E-state index in [1.807, 2.05) is 43.4 Å². The molecule has 0 spiro atoms. The van der Waals surface area contributed by atoms with Crippen LogP contribution < -0.4 is 10.6 Å². The monoisotopic (exact) mass is 1080 g/mol. The van der Waals surface area contributed by atoms with Crippen molar-refractivity contribution in [1.82, 2.24) is 10.6 Å². The lowest BCUT2D eigenvalue weighted by Gasteiger charge is -2.45. The van der Waals surface area contributed by atoms with Gasteiger partial charge in [0.2, 0.25) is 0 Å². The molecule has 22 nitrogen and oxygen atoms in total. The molecule has 430 valence electrons. The van der Waals surface area contributed by atoms with Crippen LogP contribution in [0.5, 0.6) is 0 Å². The Morgan fingerprint density at radius 2 is 1.34 bits per heavy atom. The summed E-state index contributed by atoms with van der Waals surface area (Å²) in [5, 5.41) is 125. The van der Waals surface area contributed by atoms with Crippen molar-refractivity contribution in [3.63, 3.8) is 0 Å². The summed E-state index contributed by atoms with van der Waals surface area (Å²) >= 11 is 0. The van der Waals surface area contributed by atoms with Gasteiger partial charge in [0.15, 0.2) is 12.1 Å². The molecule has 0 aromatic carbocycles. The van der Waals surface area contributed by atoms with Crippen LogP contribution in [-0.4, -0.2) is 191 Å². The fourth-order valence-electron chi connectivity index (χ4n) is 8.88. The topological polar surface area (TPSA) is 361 Å². The maximum atomic E-state index is 12.8. The van der Waals surface area contributed by atoms with Crippen molar-refractivity contribution in [1.29, 1.82) is 0 Å². The second-order valence-electron chi connectivity index (χ2n) is 20.1. The predicted molar refractivity (Wildman–Crippen MR) is 275 cm³/mol. The normalized spacial score (nSPS) is 40.1. The van der Waals surface area contributed by atoms with Gasteiger partial charge in [0, 0.05) is 36.7 Å². The van der Waals surface area contributed by atoms with Crippen molar-refractivity contribution in [3.05, 3.63) is 85.1 Å². The molecule has 13 N–H and O–H groups in total. The Morgan fingerprint density at radius 3 is 2.00 bits per heavy atom. The summed E-state index contributed by atoms with van der Waals surface area (Å²) in [5.74, 6) is -7.78. The molecule has 22 heteroatoms. The molecule has 3 aliphatic rings. The summed E-state index contributed by atoms with van der Waals surface area (Å²) in [6, 6.07) is -2.24. The maximum absolute atomic E-state index is 12.8. The van der Waals surface area contributed by atoms with Gasteiger partial charge in [0.1, 0.15) is 30.8 Å². The van der Waals surface area contributed by atoms with Gasteiger partial charge in [-0.1, -0.05) is 93.3 Å². The highest BCUT2D eigenvalue weighted by Crippen LogP contribution is 2.38. The van der Waals surface area contributed by atoms with Crippen LogP contribution in [0.3, 0.4) is 0 Å². The van der Waals surface area contributed by atoms with Crippen LogP contribution in [0.2, 0.25) is 0 Å². The molecular weight excluding hydrogens is 997 g/mol. The number of carboxylic acid groups (broad SMARTS) is 1. The maximum Gasteiger partial charge on any atom is 0.333 e. The number of carbonyl (C=O) groups excluding carboxylic acids is 3. The van der Waals surface area contributed by atoms with Gasteiger partial charge in [0.25, 0.3) is 0 Å². The molecule has 2 saturated heterocycles. The van der Waals surface area contributed by atoms with E-state index in [9.17, 15) is 75.3 Å². The van der Waals surface area contributed by atoms with E-state index in [-0.39, 0.29) is 50.3 Å². The summed E-state index contributed by atoms with van der Waals surface area (Å²) in [7, 11) is 0. The first-order valence-electron chi connectivity index (χ1n) is 25.9. The minimum absolute atomic E-state index is 0.132. The summed E-state index contributed by atoms with van der Waals surface area (Å²) in [5.41, 5.74) is 0.155. The molecule has 3 aliphatic heterocycles. The van der Waals surface area contributed by atoms with E-state index in [0.29, 0.717) is 6.42 Å². The molecule has 0 aromatic rings. The molecule has 3 heterocycles. The molecule has 0 aromatic heterocycles. The highest BCUT2D eigenvalue weighted by molar-refractivity contribution is 5.87. The lowest BCUT2D eigenvalue weighted by molar-refractivity contribution is -0.310. The molecule has 14 unspecified atom stereocenters. The first-order chi connectivity index (χ1) is 35.8. The number of hydrogen-bond donors (Lipinski definition) is 13. The second kappa shape index (κ2) is 32.9. The molecule has 0 saturated carbocycles. The number of esters is 2. The number of urea groups is 1. The Balaban J connectivity index is 1.88. The van der Waals surface area contributed by atoms with Gasteiger partial charge in [-0.3, -0.25) is 9.59 Å². The number of aliphatic hydroxyl groups excluding tert-OH is 9. The fourth-order valence-corrected chi connectivity index (χ4v) is 8.88. The summed E-state index contributed by atoms with van der Waals surface area (Å²) in [6.07, 6.45) is -0.0475. The lowest BCUT2D eigenvalue weighted by atomic mass is 9.82. The van der Waals surface area contributed by atoms with Crippen LogP contribution in [0, 0.1) is 17.8 Å². The highest BCUT2D eigenvalue weighted by Gasteiger charge is 2.51. The zero-order valence-corrected chi connectivity index (χ0v) is 44.1. The standard InChI is InChI=1S/C54H84N2O20/c1-31(2)51(69)72-24-23-55-53(70)56-46-48(65)35(6)74-52(49(46)66)75-39-20-18-16-14-12-10-8-7-9-11-13-15-17-19-32(3)47(64)33(4)34(5)73-44(63)27-38(59)26-37(58)25-36(57)21-22-40(60)41(61)29-54(71)30-42(62)45(50(67)68)43(28-39)76-54/h7-8,10,12-20,32-43,45-49,52,57-62,64-66,71H,1,9,11,21-30H2,2-6H3,(H,67,68)(H2,55,56,70)/b8-7+,12-10+,15-13+,16-14+,19-17+,20-18+/t32?,33?,34?,35-,36?,37?,38?,39?,40?,41?,42?,43?,45?,46-,47?,48-,49+,52+,54?/m1/s1.